The van der Waals surface area contributed by atoms with Gasteiger partial charge < -0.3 is 14.8 Å². The minimum atomic E-state index is 0.430. The largest absolute Gasteiger partial charge is 0.490 e. The van der Waals surface area contributed by atoms with E-state index in [0.29, 0.717) is 25.7 Å². The predicted octanol–water partition coefficient (Wildman–Crippen LogP) is 5.58. The van der Waals surface area contributed by atoms with E-state index in [1.54, 1.807) is 6.20 Å². The van der Waals surface area contributed by atoms with Crippen molar-refractivity contribution >= 4 is 5.82 Å². The molecular weight excluding hydrogens is 348 g/mol. The highest BCUT2D eigenvalue weighted by Gasteiger charge is 2.08. The fourth-order valence-corrected chi connectivity index (χ4v) is 2.96. The Hall–Kier alpha value is -3.01. The number of aromatic nitrogens is 1. The van der Waals surface area contributed by atoms with Gasteiger partial charge in [-0.1, -0.05) is 44.2 Å². The Morgan fingerprint density at radius 1 is 0.929 bits per heavy atom. The highest BCUT2D eigenvalue weighted by Crippen LogP contribution is 2.27. The van der Waals surface area contributed by atoms with Crippen LogP contribution in [0, 0.1) is 6.92 Å². The minimum absolute atomic E-state index is 0.430. The fraction of sp³-hybridized carbons (Fsp3) is 0.292. The summed E-state index contributed by atoms with van der Waals surface area (Å²) < 4.78 is 11.9. The lowest BCUT2D eigenvalue weighted by Gasteiger charge is -2.15. The van der Waals surface area contributed by atoms with Crippen molar-refractivity contribution < 1.29 is 9.47 Å². The molecule has 0 spiro atoms. The van der Waals surface area contributed by atoms with E-state index < -0.39 is 0 Å². The molecule has 4 heteroatoms. The van der Waals surface area contributed by atoms with E-state index in [1.807, 2.05) is 36.4 Å². The van der Waals surface area contributed by atoms with Crippen LogP contribution in [0.2, 0.25) is 0 Å². The number of hydrogen-bond donors (Lipinski definition) is 1. The van der Waals surface area contributed by atoms with E-state index in [-0.39, 0.29) is 0 Å². The number of anilines is 1. The van der Waals surface area contributed by atoms with Crippen LogP contribution in [0.25, 0.3) is 0 Å². The van der Waals surface area contributed by atoms with E-state index in [0.717, 1.165) is 22.9 Å². The monoisotopic (exact) mass is 376 g/mol. The molecule has 0 saturated heterocycles. The zero-order chi connectivity index (χ0) is 19.8. The Bertz CT molecular complexity index is 879. The van der Waals surface area contributed by atoms with E-state index >= 15 is 0 Å². The second-order valence-electron chi connectivity index (χ2n) is 7.11. The molecule has 0 aliphatic rings. The van der Waals surface area contributed by atoms with Crippen molar-refractivity contribution in [1.29, 1.82) is 0 Å². The van der Waals surface area contributed by atoms with Crippen molar-refractivity contribution in [1.82, 2.24) is 4.98 Å². The zero-order valence-corrected chi connectivity index (χ0v) is 16.8. The van der Waals surface area contributed by atoms with Crippen molar-refractivity contribution in [2.24, 2.45) is 0 Å². The molecule has 0 unspecified atom stereocenters. The van der Waals surface area contributed by atoms with Crippen LogP contribution in [-0.4, -0.2) is 18.2 Å². The highest BCUT2D eigenvalue weighted by molar-refractivity contribution is 5.39. The number of hydrogen-bond acceptors (Lipinski definition) is 4. The van der Waals surface area contributed by atoms with Crippen molar-refractivity contribution in [3.05, 3.63) is 83.6 Å². The lowest BCUT2D eigenvalue weighted by Crippen LogP contribution is -2.10. The molecule has 0 fully saturated rings. The summed E-state index contributed by atoms with van der Waals surface area (Å²) >= 11 is 0. The first-order valence-corrected chi connectivity index (χ1v) is 9.72. The van der Waals surface area contributed by atoms with Gasteiger partial charge in [0.2, 0.25) is 0 Å². The quantitative estimate of drug-likeness (QED) is 0.495. The van der Waals surface area contributed by atoms with Gasteiger partial charge in [-0.15, -0.1) is 0 Å². The molecule has 4 nitrogen and oxygen atoms in total. The van der Waals surface area contributed by atoms with Crippen molar-refractivity contribution in [3.8, 4) is 11.5 Å². The molecule has 1 N–H and O–H groups in total. The van der Waals surface area contributed by atoms with Crippen molar-refractivity contribution in [3.63, 3.8) is 0 Å². The third-order valence-electron chi connectivity index (χ3n) is 4.44. The fourth-order valence-electron chi connectivity index (χ4n) is 2.96. The number of pyridine rings is 1. The number of nitrogens with one attached hydrogen (secondary N) is 1. The normalized spacial score (nSPS) is 10.7. The summed E-state index contributed by atoms with van der Waals surface area (Å²) in [5.41, 5.74) is 3.58. The molecule has 2 aromatic carbocycles. The van der Waals surface area contributed by atoms with E-state index in [4.69, 9.17) is 9.47 Å². The average Bonchev–Trinajstić information content (AvgIpc) is 2.71. The van der Waals surface area contributed by atoms with Crippen LogP contribution >= 0.6 is 0 Å². The lowest BCUT2D eigenvalue weighted by molar-refractivity contribution is 0.215. The van der Waals surface area contributed by atoms with Crippen LogP contribution in [0.3, 0.4) is 0 Å². The summed E-state index contributed by atoms with van der Waals surface area (Å²) in [6.07, 6.45) is 1.78. The number of nitrogens with zero attached hydrogens (tertiary/aromatic N) is 1. The molecule has 28 heavy (non-hydrogen) atoms. The second-order valence-corrected chi connectivity index (χ2v) is 7.11. The van der Waals surface area contributed by atoms with Gasteiger partial charge in [-0.3, -0.25) is 0 Å². The van der Waals surface area contributed by atoms with E-state index in [9.17, 15) is 0 Å². The van der Waals surface area contributed by atoms with Gasteiger partial charge in [-0.2, -0.15) is 0 Å². The Kier molecular flexibility index (Phi) is 6.90. The molecule has 0 aliphatic carbocycles. The standard InChI is InChI=1S/C24H28N2O2/c1-18(2)22-11-10-19(3)15-23(22)28-14-13-27-21-8-6-7-20(16-21)17-26-24-9-4-5-12-25-24/h4-12,15-16,18H,13-14,17H2,1-3H3,(H,25,26). The van der Waals surface area contributed by atoms with Gasteiger partial charge in [0, 0.05) is 12.7 Å². The van der Waals surface area contributed by atoms with Gasteiger partial charge in [-0.05, 0) is 59.9 Å². The molecule has 0 amide bonds. The van der Waals surface area contributed by atoms with Crippen LogP contribution in [-0.2, 0) is 6.54 Å². The molecule has 0 aliphatic heterocycles. The summed E-state index contributed by atoms with van der Waals surface area (Å²) in [5.74, 6) is 3.09. The Labute approximate surface area is 167 Å². The van der Waals surface area contributed by atoms with Gasteiger partial charge in [-0.25, -0.2) is 4.98 Å². The molecule has 146 valence electrons. The van der Waals surface area contributed by atoms with Gasteiger partial charge in [0.05, 0.1) is 0 Å². The molecule has 0 bridgehead atoms. The summed E-state index contributed by atoms with van der Waals surface area (Å²) in [4.78, 5) is 4.27. The van der Waals surface area contributed by atoms with Crippen molar-refractivity contribution in [2.75, 3.05) is 18.5 Å². The predicted molar refractivity (Wildman–Crippen MR) is 114 cm³/mol. The van der Waals surface area contributed by atoms with Crippen LogP contribution < -0.4 is 14.8 Å². The summed E-state index contributed by atoms with van der Waals surface area (Å²) in [7, 11) is 0. The molecular formula is C24H28N2O2. The third-order valence-corrected chi connectivity index (χ3v) is 4.44. The van der Waals surface area contributed by atoms with Crippen molar-refractivity contribution in [2.45, 2.75) is 33.2 Å². The maximum atomic E-state index is 5.99. The maximum absolute atomic E-state index is 5.99. The topological polar surface area (TPSA) is 43.4 Å². The third kappa shape index (κ3) is 5.74. The molecule has 1 heterocycles. The zero-order valence-electron chi connectivity index (χ0n) is 16.8. The van der Waals surface area contributed by atoms with Gasteiger partial charge in [0.25, 0.3) is 0 Å². The number of ether oxygens (including phenoxy) is 2. The van der Waals surface area contributed by atoms with Crippen LogP contribution in [0.4, 0.5) is 5.82 Å². The van der Waals surface area contributed by atoms with Crippen LogP contribution in [0.5, 0.6) is 11.5 Å². The number of aryl methyl sites for hydroxylation is 1. The minimum Gasteiger partial charge on any atom is -0.490 e. The van der Waals surface area contributed by atoms with Gasteiger partial charge in [0.15, 0.2) is 0 Å². The summed E-state index contributed by atoms with van der Waals surface area (Å²) in [5, 5.41) is 3.31. The second kappa shape index (κ2) is 9.79. The highest BCUT2D eigenvalue weighted by atomic mass is 16.5. The SMILES string of the molecule is Cc1ccc(C(C)C)c(OCCOc2cccc(CNc3ccccn3)c2)c1. The van der Waals surface area contributed by atoms with Gasteiger partial charge in [0.1, 0.15) is 30.5 Å². The Morgan fingerprint density at radius 2 is 1.79 bits per heavy atom. The summed E-state index contributed by atoms with van der Waals surface area (Å²) in [6.45, 7) is 8.16. The molecule has 0 radical (unpaired) electrons. The average molecular weight is 376 g/mol. The molecule has 3 aromatic rings. The first-order valence-electron chi connectivity index (χ1n) is 9.72. The first kappa shape index (κ1) is 19.7. The Morgan fingerprint density at radius 3 is 2.57 bits per heavy atom. The molecule has 3 rings (SSSR count). The van der Waals surface area contributed by atoms with Gasteiger partial charge >= 0.3 is 0 Å². The lowest BCUT2D eigenvalue weighted by atomic mass is 10.0. The number of benzene rings is 2. The Balaban J connectivity index is 1.50. The number of rotatable bonds is 9. The molecule has 0 atom stereocenters. The van der Waals surface area contributed by atoms with E-state index in [2.05, 4.69) is 55.3 Å². The smallest absolute Gasteiger partial charge is 0.126 e. The first-order chi connectivity index (χ1) is 13.6. The van der Waals surface area contributed by atoms with Crippen LogP contribution in [0.15, 0.2) is 66.9 Å². The molecule has 1 aromatic heterocycles. The summed E-state index contributed by atoms with van der Waals surface area (Å²) in [6, 6.07) is 20.3. The van der Waals surface area contributed by atoms with E-state index in [1.165, 1.54) is 11.1 Å². The molecule has 0 saturated carbocycles. The van der Waals surface area contributed by atoms with Crippen LogP contribution in [0.1, 0.15) is 36.5 Å². The maximum Gasteiger partial charge on any atom is 0.126 e.